The monoisotopic (exact) mass is 124 g/mol. The Labute approximate surface area is 54.4 Å². The van der Waals surface area contributed by atoms with Crippen molar-refractivity contribution >= 4 is 0 Å². The van der Waals surface area contributed by atoms with E-state index in [2.05, 4.69) is 6.58 Å². The number of hydrogen-bond acceptors (Lipinski definition) is 0. The highest BCUT2D eigenvalue weighted by atomic mass is 19.1. The van der Waals surface area contributed by atoms with E-state index in [4.69, 9.17) is 0 Å². The first-order valence-electron chi connectivity index (χ1n) is 2.99. The van der Waals surface area contributed by atoms with Crippen LogP contribution >= 0.6 is 0 Å². The third kappa shape index (κ3) is 1.53. The summed E-state index contributed by atoms with van der Waals surface area (Å²) in [5.41, 5.74) is 0. The molecule has 0 heterocycles. The zero-order valence-corrected chi connectivity index (χ0v) is 5.18. The van der Waals surface area contributed by atoms with Gasteiger partial charge in [-0.2, -0.15) is 0 Å². The van der Waals surface area contributed by atoms with Crippen molar-refractivity contribution in [3.63, 3.8) is 0 Å². The molecule has 0 aromatic carbocycles. The van der Waals surface area contributed by atoms with E-state index in [0.717, 1.165) is 6.42 Å². The van der Waals surface area contributed by atoms with Gasteiger partial charge in [0.05, 0.1) is 0 Å². The van der Waals surface area contributed by atoms with E-state index in [-0.39, 0.29) is 5.83 Å². The van der Waals surface area contributed by atoms with E-state index in [0.29, 0.717) is 5.92 Å². The van der Waals surface area contributed by atoms with Crippen LogP contribution < -0.4 is 0 Å². The van der Waals surface area contributed by atoms with E-state index in [1.54, 1.807) is 6.08 Å². The summed E-state index contributed by atoms with van der Waals surface area (Å²) in [7, 11) is 0. The van der Waals surface area contributed by atoms with Gasteiger partial charge in [0.1, 0.15) is 5.83 Å². The molecule has 0 radical (unpaired) electrons. The van der Waals surface area contributed by atoms with Gasteiger partial charge < -0.3 is 0 Å². The van der Waals surface area contributed by atoms with Crippen molar-refractivity contribution in [3.05, 3.63) is 36.7 Å². The van der Waals surface area contributed by atoms with Crippen molar-refractivity contribution in [2.75, 3.05) is 0 Å². The number of halogens is 1. The molecule has 1 unspecified atom stereocenters. The maximum Gasteiger partial charge on any atom is 0.118 e. The van der Waals surface area contributed by atoms with Crippen LogP contribution in [0, 0.1) is 5.92 Å². The maximum atomic E-state index is 12.2. The molecule has 0 aromatic heterocycles. The molecule has 1 rings (SSSR count). The summed E-state index contributed by atoms with van der Waals surface area (Å²) in [6.45, 7) is 3.61. The van der Waals surface area contributed by atoms with Gasteiger partial charge in [0, 0.05) is 0 Å². The lowest BCUT2D eigenvalue weighted by molar-refractivity contribution is 0.639. The highest BCUT2D eigenvalue weighted by Gasteiger charge is 2.02. The van der Waals surface area contributed by atoms with E-state index in [9.17, 15) is 4.39 Å². The predicted molar refractivity (Wildman–Crippen MR) is 36.6 cm³/mol. The fourth-order valence-corrected chi connectivity index (χ4v) is 0.786. The highest BCUT2D eigenvalue weighted by Crippen LogP contribution is 2.16. The fourth-order valence-electron chi connectivity index (χ4n) is 0.786. The van der Waals surface area contributed by atoms with Crippen LogP contribution in [0.15, 0.2) is 36.7 Å². The molecular formula is C8H9F. The zero-order chi connectivity index (χ0) is 6.69. The Hall–Kier alpha value is -0.850. The maximum absolute atomic E-state index is 12.2. The van der Waals surface area contributed by atoms with Crippen molar-refractivity contribution in [1.29, 1.82) is 0 Å². The summed E-state index contributed by atoms with van der Waals surface area (Å²) in [6.07, 6.45) is 7.45. The number of hydrogen-bond donors (Lipinski definition) is 0. The second kappa shape index (κ2) is 2.62. The molecule has 1 aliphatic rings. The normalized spacial score (nSPS) is 25.4. The van der Waals surface area contributed by atoms with Gasteiger partial charge in [-0.15, -0.1) is 6.58 Å². The summed E-state index contributed by atoms with van der Waals surface area (Å²) < 4.78 is 12.2. The minimum atomic E-state index is -0.131. The van der Waals surface area contributed by atoms with Gasteiger partial charge >= 0.3 is 0 Å². The Morgan fingerprint density at radius 1 is 1.78 bits per heavy atom. The molecule has 0 spiro atoms. The summed E-state index contributed by atoms with van der Waals surface area (Å²) in [4.78, 5) is 0. The molecule has 48 valence electrons. The molecule has 0 saturated carbocycles. The molecule has 1 heteroatoms. The molecule has 1 atom stereocenters. The van der Waals surface area contributed by atoms with Gasteiger partial charge in [0.2, 0.25) is 0 Å². The van der Waals surface area contributed by atoms with Gasteiger partial charge in [0.15, 0.2) is 0 Å². The van der Waals surface area contributed by atoms with Crippen LogP contribution in [-0.4, -0.2) is 0 Å². The zero-order valence-electron chi connectivity index (χ0n) is 5.18. The topological polar surface area (TPSA) is 0 Å². The van der Waals surface area contributed by atoms with Crippen molar-refractivity contribution < 1.29 is 4.39 Å². The Kier molecular flexibility index (Phi) is 1.83. The average molecular weight is 124 g/mol. The van der Waals surface area contributed by atoms with E-state index in [1.165, 1.54) is 6.08 Å². The molecule has 9 heavy (non-hydrogen) atoms. The first-order valence-corrected chi connectivity index (χ1v) is 2.99. The van der Waals surface area contributed by atoms with Crippen molar-refractivity contribution in [2.45, 2.75) is 6.42 Å². The summed E-state index contributed by atoms with van der Waals surface area (Å²) in [6, 6.07) is 0. The summed E-state index contributed by atoms with van der Waals surface area (Å²) >= 11 is 0. The van der Waals surface area contributed by atoms with E-state index in [1.807, 2.05) is 12.2 Å². The molecule has 0 aromatic rings. The second-order valence-corrected chi connectivity index (χ2v) is 2.08. The standard InChI is InChI=1S/C8H9F/c1-2-7-3-5-8(9)6-4-7/h2-3,5-7H,1,4H2. The third-order valence-electron chi connectivity index (χ3n) is 1.39. The van der Waals surface area contributed by atoms with Crippen LogP contribution in [0.3, 0.4) is 0 Å². The van der Waals surface area contributed by atoms with Gasteiger partial charge in [-0.25, -0.2) is 4.39 Å². The average Bonchev–Trinajstić information content (AvgIpc) is 1.90. The van der Waals surface area contributed by atoms with Crippen molar-refractivity contribution in [1.82, 2.24) is 0 Å². The molecule has 0 bridgehead atoms. The molecule has 0 amide bonds. The van der Waals surface area contributed by atoms with E-state index >= 15 is 0 Å². The molecule has 0 saturated heterocycles. The fraction of sp³-hybridized carbons (Fsp3) is 0.250. The van der Waals surface area contributed by atoms with Gasteiger partial charge in [-0.1, -0.05) is 12.2 Å². The first kappa shape index (κ1) is 6.27. The lowest BCUT2D eigenvalue weighted by Gasteiger charge is -2.06. The van der Waals surface area contributed by atoms with Crippen LogP contribution in [0.4, 0.5) is 4.39 Å². The lowest BCUT2D eigenvalue weighted by Crippen LogP contribution is -1.92. The Morgan fingerprint density at radius 2 is 2.56 bits per heavy atom. The smallest absolute Gasteiger partial charge is 0.118 e. The third-order valence-corrected chi connectivity index (χ3v) is 1.39. The van der Waals surface area contributed by atoms with Gasteiger partial charge in [0.25, 0.3) is 0 Å². The Balaban J connectivity index is 2.58. The largest absolute Gasteiger partial charge is 0.207 e. The Morgan fingerprint density at radius 3 is 3.00 bits per heavy atom. The van der Waals surface area contributed by atoms with Crippen LogP contribution in [0.2, 0.25) is 0 Å². The number of allylic oxidation sites excluding steroid dienone is 5. The minimum Gasteiger partial charge on any atom is -0.207 e. The highest BCUT2D eigenvalue weighted by molar-refractivity contribution is 5.19. The van der Waals surface area contributed by atoms with Gasteiger partial charge in [-0.3, -0.25) is 0 Å². The molecule has 0 N–H and O–H groups in total. The second-order valence-electron chi connectivity index (χ2n) is 2.08. The number of rotatable bonds is 1. The molecule has 0 nitrogen and oxygen atoms in total. The van der Waals surface area contributed by atoms with Crippen molar-refractivity contribution in [2.24, 2.45) is 5.92 Å². The summed E-state index contributed by atoms with van der Waals surface area (Å²) in [5, 5.41) is 0. The van der Waals surface area contributed by atoms with Crippen LogP contribution in [-0.2, 0) is 0 Å². The van der Waals surface area contributed by atoms with Crippen molar-refractivity contribution in [3.8, 4) is 0 Å². The first-order chi connectivity index (χ1) is 4.33. The molecule has 0 aliphatic heterocycles. The lowest BCUT2D eigenvalue weighted by atomic mass is 10.0. The van der Waals surface area contributed by atoms with Crippen LogP contribution in [0.25, 0.3) is 0 Å². The predicted octanol–water partition coefficient (Wildman–Crippen LogP) is 2.60. The van der Waals surface area contributed by atoms with Gasteiger partial charge in [-0.05, 0) is 24.5 Å². The Bertz CT molecular complexity index is 165. The molecular weight excluding hydrogens is 115 g/mol. The summed E-state index contributed by atoms with van der Waals surface area (Å²) in [5.74, 6) is 0.206. The molecule has 0 fully saturated rings. The SMILES string of the molecule is C=CC1C=CC(F)=CC1. The van der Waals surface area contributed by atoms with E-state index < -0.39 is 0 Å². The molecule has 1 aliphatic carbocycles. The minimum absolute atomic E-state index is 0.131. The van der Waals surface area contributed by atoms with Crippen LogP contribution in [0.1, 0.15) is 6.42 Å². The van der Waals surface area contributed by atoms with Crippen LogP contribution in [0.5, 0.6) is 0 Å². The quantitative estimate of drug-likeness (QED) is 0.471.